The first-order valence-corrected chi connectivity index (χ1v) is 10.0. The number of piperidine rings is 1. The maximum atomic E-state index is 6.39. The first-order valence-electron chi connectivity index (χ1n) is 10.0. The molecule has 1 aromatic heterocycles. The van der Waals surface area contributed by atoms with E-state index in [2.05, 4.69) is 51.6 Å². The number of ether oxygens (including phenoxy) is 1. The molecule has 3 heterocycles. The maximum Gasteiger partial charge on any atom is 0.128 e. The van der Waals surface area contributed by atoms with Crippen molar-refractivity contribution in [3.63, 3.8) is 0 Å². The number of nitrogens with one attached hydrogen (secondary N) is 1. The van der Waals surface area contributed by atoms with Gasteiger partial charge in [-0.2, -0.15) is 0 Å². The second-order valence-corrected chi connectivity index (χ2v) is 8.05. The molecule has 1 atom stereocenters. The fourth-order valence-electron chi connectivity index (χ4n) is 4.74. The number of aromatic nitrogens is 1. The van der Waals surface area contributed by atoms with Crippen molar-refractivity contribution in [2.24, 2.45) is 0 Å². The molecular weight excluding hydrogens is 322 g/mol. The molecule has 1 spiro atoms. The van der Waals surface area contributed by atoms with Crippen LogP contribution in [0.25, 0.3) is 0 Å². The van der Waals surface area contributed by atoms with Gasteiger partial charge in [0.2, 0.25) is 0 Å². The van der Waals surface area contributed by atoms with Crippen LogP contribution < -0.4 is 15.0 Å². The summed E-state index contributed by atoms with van der Waals surface area (Å²) < 4.78 is 6.39. The van der Waals surface area contributed by atoms with Gasteiger partial charge in [0, 0.05) is 43.4 Å². The molecule has 2 aliphatic heterocycles. The molecule has 1 saturated carbocycles. The van der Waals surface area contributed by atoms with Crippen LogP contribution >= 0.6 is 0 Å². The van der Waals surface area contributed by atoms with Gasteiger partial charge in [0.15, 0.2) is 0 Å². The Morgan fingerprint density at radius 1 is 1.04 bits per heavy atom. The molecule has 2 aromatic rings. The lowest BCUT2D eigenvalue weighted by atomic mass is 9.72. The minimum absolute atomic E-state index is 0.0979. The van der Waals surface area contributed by atoms with E-state index < -0.39 is 0 Å². The van der Waals surface area contributed by atoms with E-state index in [0.717, 1.165) is 31.1 Å². The fraction of sp³-hybridized carbons (Fsp3) is 0.500. The first kappa shape index (κ1) is 16.1. The molecule has 2 fully saturated rings. The second-order valence-electron chi connectivity index (χ2n) is 8.05. The Hall–Kier alpha value is -2.07. The molecule has 4 heteroatoms. The highest BCUT2D eigenvalue weighted by Crippen LogP contribution is 2.49. The third-order valence-corrected chi connectivity index (χ3v) is 6.37. The summed E-state index contributed by atoms with van der Waals surface area (Å²) in [5.74, 6) is 2.21. The summed E-state index contributed by atoms with van der Waals surface area (Å²) in [6.07, 6.45) is 9.06. The lowest BCUT2D eigenvalue weighted by Gasteiger charge is -2.49. The van der Waals surface area contributed by atoms with E-state index in [1.165, 1.54) is 37.7 Å². The molecule has 0 bridgehead atoms. The number of para-hydroxylation sites is 1. The molecule has 0 radical (unpaired) electrons. The summed E-state index contributed by atoms with van der Waals surface area (Å²) in [6, 6.07) is 15.8. The van der Waals surface area contributed by atoms with Crippen LogP contribution in [0.2, 0.25) is 0 Å². The molecule has 1 saturated heterocycles. The number of pyridine rings is 1. The number of rotatable bonds is 3. The largest absolute Gasteiger partial charge is 0.487 e. The molecule has 0 amide bonds. The van der Waals surface area contributed by atoms with Gasteiger partial charge in [-0.15, -0.1) is 0 Å². The molecule has 26 heavy (non-hydrogen) atoms. The average Bonchev–Trinajstić information content (AvgIpc) is 2.68. The van der Waals surface area contributed by atoms with Crippen molar-refractivity contribution in [1.29, 1.82) is 0 Å². The lowest BCUT2D eigenvalue weighted by molar-refractivity contribution is -0.0383. The van der Waals surface area contributed by atoms with Crippen LogP contribution in [0, 0.1) is 0 Å². The Kier molecular flexibility index (Phi) is 4.08. The monoisotopic (exact) mass is 349 g/mol. The smallest absolute Gasteiger partial charge is 0.128 e. The fourth-order valence-corrected chi connectivity index (χ4v) is 4.74. The normalized spacial score (nSPS) is 24.6. The van der Waals surface area contributed by atoms with Crippen LogP contribution in [-0.2, 0) is 0 Å². The zero-order chi connectivity index (χ0) is 17.4. The van der Waals surface area contributed by atoms with Gasteiger partial charge in [0.05, 0.1) is 0 Å². The summed E-state index contributed by atoms with van der Waals surface area (Å²) >= 11 is 0. The zero-order valence-corrected chi connectivity index (χ0v) is 15.2. The van der Waals surface area contributed by atoms with Crippen molar-refractivity contribution in [3.05, 3.63) is 54.2 Å². The number of nitrogens with zero attached hydrogens (tertiary/aromatic N) is 2. The highest BCUT2D eigenvalue weighted by Gasteiger charge is 2.45. The molecule has 1 N–H and O–H groups in total. The second kappa shape index (κ2) is 6.58. The number of anilines is 1. The van der Waals surface area contributed by atoms with E-state index in [1.54, 1.807) is 0 Å². The van der Waals surface area contributed by atoms with E-state index >= 15 is 0 Å². The van der Waals surface area contributed by atoms with E-state index in [0.29, 0.717) is 12.1 Å². The van der Waals surface area contributed by atoms with Gasteiger partial charge in [-0.05, 0) is 50.3 Å². The van der Waals surface area contributed by atoms with Crippen molar-refractivity contribution < 1.29 is 4.74 Å². The molecule has 3 aliphatic rings. The third kappa shape index (κ3) is 2.96. The van der Waals surface area contributed by atoms with Crippen LogP contribution in [0.1, 0.15) is 50.1 Å². The highest BCUT2D eigenvalue weighted by molar-refractivity contribution is 5.40. The van der Waals surface area contributed by atoms with Crippen molar-refractivity contribution >= 4 is 5.82 Å². The Bertz CT molecular complexity index is 751. The van der Waals surface area contributed by atoms with Crippen molar-refractivity contribution in [1.82, 2.24) is 10.3 Å². The maximum absolute atomic E-state index is 6.39. The summed E-state index contributed by atoms with van der Waals surface area (Å²) in [5.41, 5.74) is 1.44. The summed E-state index contributed by atoms with van der Waals surface area (Å²) in [6.45, 7) is 2.15. The minimum atomic E-state index is 0.0979. The highest BCUT2D eigenvalue weighted by atomic mass is 16.5. The van der Waals surface area contributed by atoms with Gasteiger partial charge in [-0.25, -0.2) is 4.98 Å². The topological polar surface area (TPSA) is 37.4 Å². The molecule has 5 rings (SSSR count). The van der Waals surface area contributed by atoms with Crippen molar-refractivity contribution in [2.45, 2.75) is 56.2 Å². The SMILES string of the molecule is c1ccc(N2CCC(NC3CC4(CCC4)Oc4ccccc43)CC2)nc1. The number of hydrogen-bond donors (Lipinski definition) is 1. The third-order valence-electron chi connectivity index (χ3n) is 6.37. The lowest BCUT2D eigenvalue weighted by Crippen LogP contribution is -2.51. The molecule has 1 unspecified atom stereocenters. The first-order chi connectivity index (χ1) is 12.8. The van der Waals surface area contributed by atoms with Crippen LogP contribution in [0.3, 0.4) is 0 Å². The van der Waals surface area contributed by atoms with E-state index in [9.17, 15) is 0 Å². The van der Waals surface area contributed by atoms with Gasteiger partial charge in [-0.3, -0.25) is 0 Å². The number of fused-ring (bicyclic) bond motifs is 1. The molecule has 136 valence electrons. The number of benzene rings is 1. The van der Waals surface area contributed by atoms with Crippen LogP contribution in [-0.4, -0.2) is 29.7 Å². The van der Waals surface area contributed by atoms with Gasteiger partial charge in [-0.1, -0.05) is 24.3 Å². The molecule has 1 aliphatic carbocycles. The molecule has 4 nitrogen and oxygen atoms in total. The Morgan fingerprint density at radius 3 is 2.58 bits per heavy atom. The van der Waals surface area contributed by atoms with Gasteiger partial charge < -0.3 is 15.0 Å². The molecular formula is C22H27N3O. The molecule has 1 aromatic carbocycles. The predicted molar refractivity (Wildman–Crippen MR) is 104 cm³/mol. The zero-order valence-electron chi connectivity index (χ0n) is 15.2. The predicted octanol–water partition coefficient (Wildman–Crippen LogP) is 4.09. The van der Waals surface area contributed by atoms with Crippen molar-refractivity contribution in [3.8, 4) is 5.75 Å². The average molecular weight is 349 g/mol. The van der Waals surface area contributed by atoms with Crippen LogP contribution in [0.5, 0.6) is 5.75 Å². The summed E-state index contributed by atoms with van der Waals surface area (Å²) in [5, 5.41) is 3.98. The Morgan fingerprint density at radius 2 is 1.85 bits per heavy atom. The van der Waals surface area contributed by atoms with Crippen LogP contribution in [0.4, 0.5) is 5.82 Å². The van der Waals surface area contributed by atoms with Crippen molar-refractivity contribution in [2.75, 3.05) is 18.0 Å². The van der Waals surface area contributed by atoms with Crippen LogP contribution in [0.15, 0.2) is 48.7 Å². The number of hydrogen-bond acceptors (Lipinski definition) is 4. The Balaban J connectivity index is 1.27. The van der Waals surface area contributed by atoms with E-state index in [4.69, 9.17) is 4.74 Å². The quantitative estimate of drug-likeness (QED) is 0.906. The van der Waals surface area contributed by atoms with E-state index in [-0.39, 0.29) is 5.60 Å². The van der Waals surface area contributed by atoms with Gasteiger partial charge >= 0.3 is 0 Å². The van der Waals surface area contributed by atoms with Gasteiger partial charge in [0.1, 0.15) is 17.2 Å². The Labute approximate surface area is 155 Å². The summed E-state index contributed by atoms with van der Waals surface area (Å²) in [7, 11) is 0. The van der Waals surface area contributed by atoms with Gasteiger partial charge in [0.25, 0.3) is 0 Å². The summed E-state index contributed by atoms with van der Waals surface area (Å²) in [4.78, 5) is 6.91. The minimum Gasteiger partial charge on any atom is -0.487 e. The standard InChI is InChI=1S/C22H27N3O/c1-2-7-20-18(6-1)19(16-22(26-20)11-5-12-22)24-17-9-14-25(15-10-17)21-8-3-4-13-23-21/h1-4,6-8,13,17,19,24H,5,9-12,14-16H2. The van der Waals surface area contributed by atoms with E-state index in [1.807, 2.05) is 12.3 Å².